The van der Waals surface area contributed by atoms with E-state index in [2.05, 4.69) is 11.9 Å². The smallest absolute Gasteiger partial charge is 0.323 e. The van der Waals surface area contributed by atoms with Gasteiger partial charge in [-0.2, -0.15) is 0 Å². The van der Waals surface area contributed by atoms with Gasteiger partial charge in [0, 0.05) is 12.2 Å². The number of nitrogens with zero attached hydrogens (tertiary/aromatic N) is 1. The predicted molar refractivity (Wildman–Crippen MR) is 97.6 cm³/mol. The minimum atomic E-state index is -0.803. The maximum Gasteiger partial charge on any atom is 0.323 e. The van der Waals surface area contributed by atoms with Gasteiger partial charge < -0.3 is 19.6 Å². The highest BCUT2D eigenvalue weighted by Crippen LogP contribution is 2.20. The molecule has 0 radical (unpaired) electrons. The summed E-state index contributed by atoms with van der Waals surface area (Å²) in [6.07, 6.45) is 3.90. The number of oxazole rings is 1. The van der Waals surface area contributed by atoms with E-state index in [1.165, 1.54) is 0 Å². The lowest BCUT2D eigenvalue weighted by Crippen LogP contribution is -2.35. The van der Waals surface area contributed by atoms with Crippen LogP contribution in [0.2, 0.25) is 0 Å². The third-order valence-corrected chi connectivity index (χ3v) is 3.42. The Hall–Kier alpha value is -1.89. The summed E-state index contributed by atoms with van der Waals surface area (Å²) < 4.78 is 16.1. The molecule has 0 amide bonds. The Morgan fingerprint density at radius 3 is 2.72 bits per heavy atom. The first-order valence-corrected chi connectivity index (χ1v) is 8.20. The number of hydrogen-bond acceptors (Lipinski definition) is 6. The van der Waals surface area contributed by atoms with Crippen molar-refractivity contribution in [3.05, 3.63) is 42.4 Å². The second-order valence-corrected chi connectivity index (χ2v) is 5.43. The second-order valence-electron chi connectivity index (χ2n) is 5.43. The number of esters is 1. The molecule has 138 valence electrons. The highest BCUT2D eigenvalue weighted by Gasteiger charge is 2.18. The standard InChI is InChI=1S/C18H24N2O4.ClH/c1-2-3-9-22-10-11-23-18(21)15(19)12-17-20-13-16(24-17)14-7-5-4-6-8-14;/h4-8,13,15H,2-3,9-12,19H2,1H3;1H/t15-;/m0./s1. The van der Waals surface area contributed by atoms with Crippen LogP contribution < -0.4 is 5.73 Å². The molecule has 0 aliphatic carbocycles. The van der Waals surface area contributed by atoms with Crippen LogP contribution in [0.4, 0.5) is 0 Å². The van der Waals surface area contributed by atoms with E-state index in [1.807, 2.05) is 30.3 Å². The highest BCUT2D eigenvalue weighted by atomic mass is 35.5. The van der Waals surface area contributed by atoms with Crippen LogP contribution in [0.3, 0.4) is 0 Å². The Balaban J connectivity index is 0.00000312. The quantitative estimate of drug-likeness (QED) is 0.512. The number of hydrogen-bond donors (Lipinski definition) is 1. The van der Waals surface area contributed by atoms with Gasteiger partial charge >= 0.3 is 5.97 Å². The predicted octanol–water partition coefficient (Wildman–Crippen LogP) is 2.99. The van der Waals surface area contributed by atoms with Gasteiger partial charge in [0.2, 0.25) is 0 Å². The highest BCUT2D eigenvalue weighted by molar-refractivity contribution is 5.85. The molecule has 2 rings (SSSR count). The minimum absolute atomic E-state index is 0. The van der Waals surface area contributed by atoms with E-state index >= 15 is 0 Å². The Bertz CT molecular complexity index is 619. The monoisotopic (exact) mass is 368 g/mol. The molecule has 0 fully saturated rings. The summed E-state index contributed by atoms with van der Waals surface area (Å²) in [5.41, 5.74) is 6.77. The molecular formula is C18H25ClN2O4. The maximum atomic E-state index is 11.8. The van der Waals surface area contributed by atoms with Gasteiger partial charge in [0.1, 0.15) is 12.6 Å². The number of halogens is 1. The molecule has 0 unspecified atom stereocenters. The third kappa shape index (κ3) is 7.25. The summed E-state index contributed by atoms with van der Waals surface area (Å²) in [6, 6.07) is 8.82. The Kier molecular flexibility index (Phi) is 9.84. The van der Waals surface area contributed by atoms with Gasteiger partial charge in [0.25, 0.3) is 0 Å². The molecule has 1 aromatic heterocycles. The van der Waals surface area contributed by atoms with E-state index in [4.69, 9.17) is 19.6 Å². The topological polar surface area (TPSA) is 87.6 Å². The number of nitrogens with two attached hydrogens (primary N) is 1. The van der Waals surface area contributed by atoms with Crippen molar-refractivity contribution in [2.75, 3.05) is 19.8 Å². The van der Waals surface area contributed by atoms with Crippen molar-refractivity contribution in [1.29, 1.82) is 0 Å². The molecule has 2 N–H and O–H groups in total. The van der Waals surface area contributed by atoms with Gasteiger partial charge in [0.05, 0.1) is 19.2 Å². The van der Waals surface area contributed by atoms with Gasteiger partial charge in [-0.1, -0.05) is 43.7 Å². The molecule has 0 spiro atoms. The molecule has 0 saturated heterocycles. The van der Waals surface area contributed by atoms with E-state index in [0.717, 1.165) is 18.4 Å². The number of carbonyl (C=O) groups excluding carboxylic acids is 1. The zero-order chi connectivity index (χ0) is 17.2. The molecular weight excluding hydrogens is 344 g/mol. The number of aromatic nitrogens is 1. The lowest BCUT2D eigenvalue weighted by atomic mass is 10.2. The van der Waals surface area contributed by atoms with Crippen LogP contribution in [0.5, 0.6) is 0 Å². The molecule has 7 heteroatoms. The lowest BCUT2D eigenvalue weighted by molar-refractivity contribution is -0.146. The van der Waals surface area contributed by atoms with Gasteiger partial charge in [0.15, 0.2) is 11.7 Å². The first-order valence-electron chi connectivity index (χ1n) is 8.20. The largest absolute Gasteiger partial charge is 0.462 e. The van der Waals surface area contributed by atoms with Crippen LogP contribution in [-0.2, 0) is 20.7 Å². The fourth-order valence-corrected chi connectivity index (χ4v) is 2.07. The van der Waals surface area contributed by atoms with Crippen LogP contribution in [0.1, 0.15) is 25.7 Å². The van der Waals surface area contributed by atoms with Crippen molar-refractivity contribution >= 4 is 18.4 Å². The molecule has 0 aliphatic heterocycles. The molecule has 1 heterocycles. The normalized spacial score (nSPS) is 11.6. The molecule has 0 bridgehead atoms. The molecule has 1 aromatic carbocycles. The van der Waals surface area contributed by atoms with E-state index in [-0.39, 0.29) is 25.4 Å². The zero-order valence-electron chi connectivity index (χ0n) is 14.3. The maximum absolute atomic E-state index is 11.8. The summed E-state index contributed by atoms with van der Waals surface area (Å²) in [7, 11) is 0. The van der Waals surface area contributed by atoms with Gasteiger partial charge in [-0.3, -0.25) is 4.79 Å². The van der Waals surface area contributed by atoms with Crippen molar-refractivity contribution in [1.82, 2.24) is 4.98 Å². The number of carbonyl (C=O) groups is 1. The molecule has 0 saturated carbocycles. The first-order chi connectivity index (χ1) is 11.7. The van der Waals surface area contributed by atoms with E-state index in [0.29, 0.717) is 24.9 Å². The number of rotatable bonds is 10. The lowest BCUT2D eigenvalue weighted by Gasteiger charge is -2.10. The second kappa shape index (κ2) is 11.6. The molecule has 1 atom stereocenters. The molecule has 25 heavy (non-hydrogen) atoms. The van der Waals surface area contributed by atoms with E-state index in [9.17, 15) is 4.79 Å². The number of ether oxygens (including phenoxy) is 2. The minimum Gasteiger partial charge on any atom is -0.462 e. The van der Waals surface area contributed by atoms with Crippen LogP contribution >= 0.6 is 12.4 Å². The van der Waals surface area contributed by atoms with E-state index in [1.54, 1.807) is 6.20 Å². The fourth-order valence-electron chi connectivity index (χ4n) is 2.07. The van der Waals surface area contributed by atoms with Crippen LogP contribution in [0.25, 0.3) is 11.3 Å². The van der Waals surface area contributed by atoms with Crippen LogP contribution in [-0.4, -0.2) is 36.8 Å². The Labute approximate surface area is 154 Å². The fraction of sp³-hybridized carbons (Fsp3) is 0.444. The van der Waals surface area contributed by atoms with Crippen LogP contribution in [0.15, 0.2) is 40.9 Å². The number of unbranched alkanes of at least 4 members (excludes halogenated alkanes) is 1. The van der Waals surface area contributed by atoms with Crippen molar-refractivity contribution in [3.8, 4) is 11.3 Å². The van der Waals surface area contributed by atoms with Crippen molar-refractivity contribution in [2.45, 2.75) is 32.2 Å². The molecule has 6 nitrogen and oxygen atoms in total. The summed E-state index contributed by atoms with van der Waals surface area (Å²) >= 11 is 0. The third-order valence-electron chi connectivity index (χ3n) is 3.42. The summed E-state index contributed by atoms with van der Waals surface area (Å²) in [4.78, 5) is 16.0. The van der Waals surface area contributed by atoms with Crippen LogP contribution in [0, 0.1) is 0 Å². The van der Waals surface area contributed by atoms with Crippen molar-refractivity contribution < 1.29 is 18.7 Å². The summed E-state index contributed by atoms with van der Waals surface area (Å²) in [6.45, 7) is 3.36. The van der Waals surface area contributed by atoms with Gasteiger partial charge in [-0.25, -0.2) is 4.98 Å². The van der Waals surface area contributed by atoms with Gasteiger partial charge in [-0.05, 0) is 6.42 Å². The number of benzene rings is 1. The van der Waals surface area contributed by atoms with Crippen molar-refractivity contribution in [3.63, 3.8) is 0 Å². The summed E-state index contributed by atoms with van der Waals surface area (Å²) in [5, 5.41) is 0. The average molecular weight is 369 g/mol. The molecule has 0 aliphatic rings. The van der Waals surface area contributed by atoms with E-state index < -0.39 is 12.0 Å². The Morgan fingerprint density at radius 2 is 2.00 bits per heavy atom. The summed E-state index contributed by atoms with van der Waals surface area (Å²) in [5.74, 6) is 0.585. The molecule has 2 aromatic rings. The average Bonchev–Trinajstić information content (AvgIpc) is 3.07. The van der Waals surface area contributed by atoms with Gasteiger partial charge in [-0.15, -0.1) is 12.4 Å². The van der Waals surface area contributed by atoms with Crippen molar-refractivity contribution in [2.24, 2.45) is 5.73 Å². The zero-order valence-corrected chi connectivity index (χ0v) is 15.2. The SMILES string of the molecule is CCCCOCCOC(=O)[C@@H](N)Cc1ncc(-c2ccccc2)o1.Cl. The first kappa shape index (κ1) is 21.2. The Morgan fingerprint density at radius 1 is 1.24 bits per heavy atom.